The Labute approximate surface area is 158 Å². The lowest BCUT2D eigenvalue weighted by molar-refractivity contribution is 0.357. The first-order valence-corrected chi connectivity index (χ1v) is 8.86. The zero-order valence-electron chi connectivity index (χ0n) is 14.7. The molecule has 1 fully saturated rings. The predicted molar refractivity (Wildman–Crippen MR) is 106 cm³/mol. The fraction of sp³-hybridized carbons (Fsp3) is 0.200. The summed E-state index contributed by atoms with van der Waals surface area (Å²) < 4.78 is 7.46. The van der Waals surface area contributed by atoms with Gasteiger partial charge in [-0.25, -0.2) is 0 Å². The van der Waals surface area contributed by atoms with Crippen LogP contribution in [0.5, 0.6) is 5.75 Å². The van der Waals surface area contributed by atoms with Gasteiger partial charge in [-0.3, -0.25) is 4.98 Å². The van der Waals surface area contributed by atoms with Crippen molar-refractivity contribution in [3.8, 4) is 11.4 Å². The van der Waals surface area contributed by atoms with Crippen LogP contribution in [-0.2, 0) is 0 Å². The van der Waals surface area contributed by atoms with E-state index in [1.807, 2.05) is 43.6 Å². The summed E-state index contributed by atoms with van der Waals surface area (Å²) in [6, 6.07) is 18.3. The van der Waals surface area contributed by atoms with Crippen LogP contribution in [0, 0.1) is 0 Å². The summed E-state index contributed by atoms with van der Waals surface area (Å²) in [7, 11) is 3.70. The van der Waals surface area contributed by atoms with E-state index in [9.17, 15) is 0 Å². The number of pyridine rings is 1. The minimum atomic E-state index is 0.000554. The number of aromatic nitrogens is 2. The lowest BCUT2D eigenvalue weighted by Gasteiger charge is -2.25. The number of hydrogen-bond acceptors (Lipinski definition) is 3. The van der Waals surface area contributed by atoms with Gasteiger partial charge in [-0.2, -0.15) is 0 Å². The Hall–Kier alpha value is -2.86. The molecule has 132 valence electrons. The van der Waals surface area contributed by atoms with Gasteiger partial charge < -0.3 is 19.5 Å². The van der Waals surface area contributed by atoms with Crippen molar-refractivity contribution in [1.82, 2.24) is 19.8 Å². The highest BCUT2D eigenvalue weighted by molar-refractivity contribution is 7.80. The molecule has 1 aromatic carbocycles. The molecule has 1 aliphatic heterocycles. The Morgan fingerprint density at radius 2 is 1.88 bits per heavy atom. The molecule has 3 heterocycles. The van der Waals surface area contributed by atoms with Gasteiger partial charge in [0.05, 0.1) is 24.9 Å². The van der Waals surface area contributed by atoms with Gasteiger partial charge in [0, 0.05) is 30.8 Å². The molecular formula is C20H20N4OS. The maximum absolute atomic E-state index is 5.52. The van der Waals surface area contributed by atoms with Gasteiger partial charge in [0.25, 0.3) is 0 Å². The van der Waals surface area contributed by atoms with Crippen LogP contribution in [0.3, 0.4) is 0 Å². The van der Waals surface area contributed by atoms with Crippen LogP contribution in [0.15, 0.2) is 67.0 Å². The molecule has 2 atom stereocenters. The van der Waals surface area contributed by atoms with Crippen LogP contribution in [0.2, 0.25) is 0 Å². The molecule has 0 spiro atoms. The van der Waals surface area contributed by atoms with Crippen molar-refractivity contribution in [1.29, 1.82) is 0 Å². The normalized spacial score (nSPS) is 19.5. The topological polar surface area (TPSA) is 42.3 Å². The van der Waals surface area contributed by atoms with E-state index >= 15 is 0 Å². The number of nitrogens with one attached hydrogen (secondary N) is 1. The summed E-state index contributed by atoms with van der Waals surface area (Å²) in [4.78, 5) is 6.64. The Kier molecular flexibility index (Phi) is 4.34. The van der Waals surface area contributed by atoms with Gasteiger partial charge in [-0.05, 0) is 60.7 Å². The maximum atomic E-state index is 5.52. The number of thiocarbonyl (C=S) groups is 1. The van der Waals surface area contributed by atoms with Gasteiger partial charge in [0.2, 0.25) is 0 Å². The third-order valence-electron chi connectivity index (χ3n) is 4.77. The van der Waals surface area contributed by atoms with Crippen molar-refractivity contribution >= 4 is 17.3 Å². The molecule has 5 nitrogen and oxygen atoms in total. The van der Waals surface area contributed by atoms with E-state index in [-0.39, 0.29) is 12.1 Å². The lowest BCUT2D eigenvalue weighted by atomic mass is 10.0. The third kappa shape index (κ3) is 2.82. The van der Waals surface area contributed by atoms with Gasteiger partial charge in [0.15, 0.2) is 5.11 Å². The summed E-state index contributed by atoms with van der Waals surface area (Å²) >= 11 is 5.52. The quantitative estimate of drug-likeness (QED) is 0.718. The number of hydrogen-bond donors (Lipinski definition) is 1. The minimum absolute atomic E-state index is 0.000554. The number of benzene rings is 1. The van der Waals surface area contributed by atoms with Gasteiger partial charge in [0.1, 0.15) is 5.75 Å². The maximum Gasteiger partial charge on any atom is 0.169 e. The van der Waals surface area contributed by atoms with Crippen molar-refractivity contribution in [2.24, 2.45) is 0 Å². The first kappa shape index (κ1) is 16.6. The standard InChI is InChI=1S/C20H20N4OS/c1-23-19(18(22-20(23)26)16-6-3-4-12-21-16)17-7-5-13-24(17)14-8-10-15(25-2)11-9-14/h3-13,18-19H,1-2H3,(H,22,26)/t18-,19-/m0/s1. The summed E-state index contributed by atoms with van der Waals surface area (Å²) in [6.07, 6.45) is 3.89. The van der Waals surface area contributed by atoms with Crippen LogP contribution in [0.1, 0.15) is 23.5 Å². The number of methoxy groups -OCH3 is 1. The van der Waals surface area contributed by atoms with E-state index in [4.69, 9.17) is 17.0 Å². The van der Waals surface area contributed by atoms with Crippen LogP contribution in [0.4, 0.5) is 0 Å². The average Bonchev–Trinajstić information content (AvgIpc) is 3.27. The molecule has 0 unspecified atom stereocenters. The van der Waals surface area contributed by atoms with Gasteiger partial charge in [-0.15, -0.1) is 0 Å². The fourth-order valence-corrected chi connectivity index (χ4v) is 3.68. The van der Waals surface area contributed by atoms with E-state index in [0.717, 1.165) is 27.9 Å². The third-order valence-corrected chi connectivity index (χ3v) is 5.18. The first-order chi connectivity index (χ1) is 12.7. The first-order valence-electron chi connectivity index (χ1n) is 8.45. The number of nitrogens with zero attached hydrogens (tertiary/aromatic N) is 3. The van der Waals surface area contributed by atoms with Gasteiger partial charge in [-0.1, -0.05) is 6.07 Å². The minimum Gasteiger partial charge on any atom is -0.497 e. The largest absolute Gasteiger partial charge is 0.497 e. The number of ether oxygens (including phenoxy) is 1. The Bertz CT molecular complexity index is 907. The van der Waals surface area contributed by atoms with Crippen molar-refractivity contribution < 1.29 is 4.74 Å². The molecule has 0 saturated carbocycles. The summed E-state index contributed by atoms with van der Waals surface area (Å²) in [5.41, 5.74) is 3.21. The Morgan fingerprint density at radius 3 is 2.58 bits per heavy atom. The molecule has 6 heteroatoms. The van der Waals surface area contributed by atoms with Gasteiger partial charge >= 0.3 is 0 Å². The molecule has 1 aliphatic rings. The molecule has 1 saturated heterocycles. The van der Waals surface area contributed by atoms with E-state index in [1.54, 1.807) is 7.11 Å². The second-order valence-electron chi connectivity index (χ2n) is 6.24. The predicted octanol–water partition coefficient (Wildman–Crippen LogP) is 3.48. The second-order valence-corrected chi connectivity index (χ2v) is 6.63. The zero-order chi connectivity index (χ0) is 18.1. The van der Waals surface area contributed by atoms with Crippen LogP contribution >= 0.6 is 12.2 Å². The SMILES string of the molecule is COc1ccc(-n2cccc2[C@H]2[C@H](c3ccccn3)NC(=S)N2C)cc1. The zero-order valence-corrected chi connectivity index (χ0v) is 15.5. The van der Waals surface area contributed by atoms with Crippen LogP contribution in [0.25, 0.3) is 5.69 Å². The highest BCUT2D eigenvalue weighted by Crippen LogP contribution is 2.38. The monoisotopic (exact) mass is 364 g/mol. The van der Waals surface area contributed by atoms with Crippen molar-refractivity contribution in [3.05, 3.63) is 78.4 Å². The molecule has 1 N–H and O–H groups in total. The fourth-order valence-electron chi connectivity index (χ4n) is 3.44. The van der Waals surface area contributed by atoms with E-state index in [1.165, 1.54) is 0 Å². The van der Waals surface area contributed by atoms with Crippen molar-refractivity contribution in [2.45, 2.75) is 12.1 Å². The Morgan fingerprint density at radius 1 is 1.08 bits per heavy atom. The highest BCUT2D eigenvalue weighted by Gasteiger charge is 2.39. The highest BCUT2D eigenvalue weighted by atomic mass is 32.1. The van der Waals surface area contributed by atoms with Crippen molar-refractivity contribution in [2.75, 3.05) is 14.2 Å². The molecule has 0 amide bonds. The molecular weight excluding hydrogens is 344 g/mol. The van der Waals surface area contributed by atoms with E-state index in [0.29, 0.717) is 0 Å². The summed E-state index contributed by atoms with van der Waals surface area (Å²) in [5.74, 6) is 0.842. The number of likely N-dealkylation sites (N-methyl/N-ethyl adjacent to an activating group) is 1. The van der Waals surface area contributed by atoms with E-state index in [2.05, 4.69) is 50.2 Å². The molecule has 2 aromatic heterocycles. The van der Waals surface area contributed by atoms with Crippen molar-refractivity contribution in [3.63, 3.8) is 0 Å². The summed E-state index contributed by atoms with van der Waals surface area (Å²) in [6.45, 7) is 0. The summed E-state index contributed by atoms with van der Waals surface area (Å²) in [5, 5.41) is 4.15. The molecule has 0 radical (unpaired) electrons. The average molecular weight is 364 g/mol. The molecule has 0 aliphatic carbocycles. The molecule has 26 heavy (non-hydrogen) atoms. The van der Waals surface area contributed by atoms with Crippen LogP contribution in [-0.4, -0.2) is 33.7 Å². The Balaban J connectivity index is 1.76. The number of rotatable bonds is 4. The molecule has 0 bridgehead atoms. The smallest absolute Gasteiger partial charge is 0.169 e. The van der Waals surface area contributed by atoms with Crippen LogP contribution < -0.4 is 10.1 Å². The van der Waals surface area contributed by atoms with E-state index < -0.39 is 0 Å². The molecule has 3 aromatic rings. The molecule has 4 rings (SSSR count). The lowest BCUT2D eigenvalue weighted by Crippen LogP contribution is -2.25. The second kappa shape index (κ2) is 6.80.